The molecule has 0 unspecified atom stereocenters. The first-order valence-electron chi connectivity index (χ1n) is 8.23. The zero-order valence-electron chi connectivity index (χ0n) is 14.9. The van der Waals surface area contributed by atoms with E-state index in [9.17, 15) is 18.8 Å². The van der Waals surface area contributed by atoms with Gasteiger partial charge in [0, 0.05) is 11.6 Å². The van der Waals surface area contributed by atoms with E-state index in [2.05, 4.69) is 10.7 Å². The quantitative estimate of drug-likeness (QED) is 0.549. The molecule has 0 aliphatic carbocycles. The van der Waals surface area contributed by atoms with E-state index in [-0.39, 0.29) is 24.0 Å². The number of halogens is 1. The SMILES string of the molecule is CC(C)NC(=O)C(=O)NNC(=O)c1cccc(OCc2ccc(F)cc2)c1. The second-order valence-corrected chi connectivity index (χ2v) is 5.98. The fourth-order valence-corrected chi connectivity index (χ4v) is 2.04. The molecule has 2 aromatic carbocycles. The first-order valence-corrected chi connectivity index (χ1v) is 8.23. The summed E-state index contributed by atoms with van der Waals surface area (Å²) in [6, 6.07) is 12.0. The van der Waals surface area contributed by atoms with Gasteiger partial charge in [0.05, 0.1) is 0 Å². The van der Waals surface area contributed by atoms with Crippen LogP contribution in [0.1, 0.15) is 29.8 Å². The van der Waals surface area contributed by atoms with E-state index in [1.165, 1.54) is 24.3 Å². The molecule has 0 aromatic heterocycles. The Morgan fingerprint density at radius 1 is 1.00 bits per heavy atom. The van der Waals surface area contributed by atoms with Crippen molar-refractivity contribution in [1.82, 2.24) is 16.2 Å². The summed E-state index contributed by atoms with van der Waals surface area (Å²) in [7, 11) is 0. The van der Waals surface area contributed by atoms with Gasteiger partial charge in [-0.2, -0.15) is 0 Å². The van der Waals surface area contributed by atoms with Crippen LogP contribution in [0.15, 0.2) is 48.5 Å². The minimum absolute atomic E-state index is 0.200. The van der Waals surface area contributed by atoms with Gasteiger partial charge in [-0.3, -0.25) is 25.2 Å². The summed E-state index contributed by atoms with van der Waals surface area (Å²) in [5, 5.41) is 2.41. The second-order valence-electron chi connectivity index (χ2n) is 5.98. The van der Waals surface area contributed by atoms with Gasteiger partial charge in [-0.25, -0.2) is 4.39 Å². The normalized spacial score (nSPS) is 10.2. The van der Waals surface area contributed by atoms with Crippen LogP contribution in [0.4, 0.5) is 4.39 Å². The Kier molecular flexibility index (Phi) is 6.87. The maximum Gasteiger partial charge on any atom is 0.327 e. The fourth-order valence-electron chi connectivity index (χ4n) is 2.04. The van der Waals surface area contributed by atoms with Crippen molar-refractivity contribution in [2.75, 3.05) is 0 Å². The topological polar surface area (TPSA) is 96.5 Å². The van der Waals surface area contributed by atoms with Crippen LogP contribution in [-0.2, 0) is 16.2 Å². The number of hydrogen-bond acceptors (Lipinski definition) is 4. The van der Waals surface area contributed by atoms with Gasteiger partial charge in [-0.15, -0.1) is 0 Å². The molecule has 0 bridgehead atoms. The van der Waals surface area contributed by atoms with Crippen LogP contribution in [0.3, 0.4) is 0 Å². The standard InChI is InChI=1S/C19H20FN3O4/c1-12(2)21-18(25)19(26)23-22-17(24)14-4-3-5-16(10-14)27-11-13-6-8-15(20)9-7-13/h3-10,12H,11H2,1-2H3,(H,21,25)(H,22,24)(H,23,26). The Balaban J connectivity index is 1.89. The van der Waals surface area contributed by atoms with Crippen molar-refractivity contribution >= 4 is 17.7 Å². The molecule has 2 rings (SSSR count). The van der Waals surface area contributed by atoms with Crippen molar-refractivity contribution in [1.29, 1.82) is 0 Å². The molecule has 0 fully saturated rings. The monoisotopic (exact) mass is 373 g/mol. The van der Waals surface area contributed by atoms with Gasteiger partial charge >= 0.3 is 11.8 Å². The number of carbonyl (C=O) groups excluding carboxylic acids is 3. The molecule has 0 heterocycles. The summed E-state index contributed by atoms with van der Waals surface area (Å²) in [5.74, 6) is -2.33. The third kappa shape index (κ3) is 6.43. The van der Waals surface area contributed by atoms with Gasteiger partial charge in [-0.05, 0) is 49.7 Å². The Bertz CT molecular complexity index is 822. The van der Waals surface area contributed by atoms with Crippen molar-refractivity contribution in [3.8, 4) is 5.75 Å². The Hall–Kier alpha value is -3.42. The highest BCUT2D eigenvalue weighted by Gasteiger charge is 2.15. The Labute approximate surface area is 155 Å². The number of ether oxygens (including phenoxy) is 1. The van der Waals surface area contributed by atoms with Crippen LogP contribution >= 0.6 is 0 Å². The van der Waals surface area contributed by atoms with Gasteiger partial charge in [0.1, 0.15) is 18.2 Å². The number of nitrogens with one attached hydrogen (secondary N) is 3. The number of rotatable bonds is 5. The zero-order chi connectivity index (χ0) is 19.8. The molecule has 0 saturated carbocycles. The smallest absolute Gasteiger partial charge is 0.327 e. The summed E-state index contributed by atoms with van der Waals surface area (Å²) in [4.78, 5) is 35.2. The largest absolute Gasteiger partial charge is 0.489 e. The van der Waals surface area contributed by atoms with Crippen molar-refractivity contribution < 1.29 is 23.5 Å². The van der Waals surface area contributed by atoms with Crippen LogP contribution in [0, 0.1) is 5.82 Å². The molecular formula is C19H20FN3O4. The van der Waals surface area contributed by atoms with E-state index in [1.54, 1.807) is 38.1 Å². The summed E-state index contributed by atoms with van der Waals surface area (Å²) in [6.45, 7) is 3.62. The molecule has 0 spiro atoms. The van der Waals surface area contributed by atoms with Gasteiger partial charge in [0.25, 0.3) is 5.91 Å². The Morgan fingerprint density at radius 3 is 2.37 bits per heavy atom. The average molecular weight is 373 g/mol. The second kappa shape index (κ2) is 9.33. The van der Waals surface area contributed by atoms with Crippen molar-refractivity contribution in [3.05, 3.63) is 65.5 Å². The highest BCUT2D eigenvalue weighted by molar-refractivity contribution is 6.35. The lowest BCUT2D eigenvalue weighted by atomic mass is 10.2. The molecule has 7 nitrogen and oxygen atoms in total. The molecule has 0 atom stereocenters. The van der Waals surface area contributed by atoms with E-state index in [1.807, 2.05) is 5.43 Å². The molecule has 142 valence electrons. The highest BCUT2D eigenvalue weighted by Crippen LogP contribution is 2.15. The van der Waals surface area contributed by atoms with Crippen molar-refractivity contribution in [2.45, 2.75) is 26.5 Å². The molecule has 3 amide bonds. The molecular weight excluding hydrogens is 353 g/mol. The third-order valence-electron chi connectivity index (χ3n) is 3.33. The maximum absolute atomic E-state index is 12.9. The van der Waals surface area contributed by atoms with Gasteiger partial charge in [0.2, 0.25) is 0 Å². The van der Waals surface area contributed by atoms with E-state index in [0.717, 1.165) is 5.56 Å². The third-order valence-corrected chi connectivity index (χ3v) is 3.33. The summed E-state index contributed by atoms with van der Waals surface area (Å²) in [5.41, 5.74) is 5.21. The minimum Gasteiger partial charge on any atom is -0.489 e. The number of amides is 3. The lowest BCUT2D eigenvalue weighted by Crippen LogP contribution is -2.49. The predicted molar refractivity (Wildman–Crippen MR) is 96.1 cm³/mol. The van der Waals surface area contributed by atoms with Crippen molar-refractivity contribution in [3.63, 3.8) is 0 Å². The first-order chi connectivity index (χ1) is 12.8. The van der Waals surface area contributed by atoms with Crippen molar-refractivity contribution in [2.24, 2.45) is 0 Å². The van der Waals surface area contributed by atoms with Crippen LogP contribution in [0.2, 0.25) is 0 Å². The maximum atomic E-state index is 12.9. The van der Waals surface area contributed by atoms with Gasteiger partial charge in [0.15, 0.2) is 0 Å². The average Bonchev–Trinajstić information content (AvgIpc) is 2.65. The molecule has 0 aliphatic rings. The fraction of sp³-hybridized carbons (Fsp3) is 0.211. The van der Waals surface area contributed by atoms with Crippen LogP contribution in [-0.4, -0.2) is 23.8 Å². The first kappa shape index (κ1) is 19.9. The summed E-state index contributed by atoms with van der Waals surface area (Å²) < 4.78 is 18.5. The molecule has 0 aliphatic heterocycles. The highest BCUT2D eigenvalue weighted by atomic mass is 19.1. The molecule has 0 radical (unpaired) electrons. The van der Waals surface area contributed by atoms with E-state index in [4.69, 9.17) is 4.74 Å². The van der Waals surface area contributed by atoms with Crippen LogP contribution < -0.4 is 20.9 Å². The summed E-state index contributed by atoms with van der Waals surface area (Å²) >= 11 is 0. The van der Waals surface area contributed by atoms with Gasteiger partial charge < -0.3 is 10.1 Å². The molecule has 3 N–H and O–H groups in total. The Morgan fingerprint density at radius 2 is 1.70 bits per heavy atom. The molecule has 2 aromatic rings. The van der Waals surface area contributed by atoms with Crippen LogP contribution in [0.25, 0.3) is 0 Å². The van der Waals surface area contributed by atoms with Crippen LogP contribution in [0.5, 0.6) is 5.75 Å². The lowest BCUT2D eigenvalue weighted by Gasteiger charge is -2.11. The number of hydrogen-bond donors (Lipinski definition) is 3. The predicted octanol–water partition coefficient (Wildman–Crippen LogP) is 1.69. The van der Waals surface area contributed by atoms with E-state index in [0.29, 0.717) is 5.75 Å². The van der Waals surface area contributed by atoms with Gasteiger partial charge in [-0.1, -0.05) is 18.2 Å². The van der Waals surface area contributed by atoms with E-state index < -0.39 is 17.7 Å². The number of hydrazine groups is 1. The molecule has 8 heteroatoms. The summed E-state index contributed by atoms with van der Waals surface area (Å²) in [6.07, 6.45) is 0. The molecule has 0 saturated heterocycles. The number of benzene rings is 2. The van der Waals surface area contributed by atoms with E-state index >= 15 is 0 Å². The zero-order valence-corrected chi connectivity index (χ0v) is 14.9. The lowest BCUT2D eigenvalue weighted by molar-refractivity contribution is -0.139. The number of carbonyl (C=O) groups is 3. The minimum atomic E-state index is -0.972. The molecule has 27 heavy (non-hydrogen) atoms.